The van der Waals surface area contributed by atoms with E-state index in [1.54, 1.807) is 44.2 Å². The first-order chi connectivity index (χ1) is 14.4. The van der Waals surface area contributed by atoms with E-state index in [4.69, 9.17) is 23.7 Å². The van der Waals surface area contributed by atoms with Crippen LogP contribution in [0.2, 0.25) is 0 Å². The van der Waals surface area contributed by atoms with Crippen molar-refractivity contribution in [2.24, 2.45) is 0 Å². The van der Waals surface area contributed by atoms with E-state index in [1.165, 1.54) is 0 Å². The van der Waals surface area contributed by atoms with Crippen molar-refractivity contribution in [2.45, 2.75) is 62.0 Å². The van der Waals surface area contributed by atoms with Gasteiger partial charge in [-0.1, -0.05) is 30.3 Å². The molecular formula is C18H19F3O9S. The molecule has 0 aliphatic carbocycles. The van der Waals surface area contributed by atoms with Gasteiger partial charge in [-0.25, -0.2) is 8.98 Å². The summed E-state index contributed by atoms with van der Waals surface area (Å²) in [5.41, 5.74) is -5.23. The number of ether oxygens (including phenoxy) is 5. The first-order valence-electron chi connectivity index (χ1n) is 9.26. The molecule has 0 unspecified atom stereocenters. The molecule has 9 nitrogen and oxygen atoms in total. The lowest BCUT2D eigenvalue weighted by Gasteiger charge is -2.40. The predicted molar refractivity (Wildman–Crippen MR) is 93.6 cm³/mol. The minimum absolute atomic E-state index is 0.0479. The van der Waals surface area contributed by atoms with Gasteiger partial charge in [0.1, 0.15) is 18.3 Å². The molecule has 3 fully saturated rings. The average molecular weight is 468 g/mol. The average Bonchev–Trinajstić information content (AvgIpc) is 3.20. The normalized spacial score (nSPS) is 35.6. The lowest BCUT2D eigenvalue weighted by atomic mass is 9.99. The predicted octanol–water partition coefficient (Wildman–Crippen LogP) is 1.78. The molecule has 13 heteroatoms. The Hall–Kier alpha value is -1.77. The van der Waals surface area contributed by atoms with Gasteiger partial charge in [0.2, 0.25) is 6.10 Å². The second-order valence-corrected chi connectivity index (χ2v) is 9.19. The van der Waals surface area contributed by atoms with Crippen molar-refractivity contribution in [3.63, 3.8) is 0 Å². The molecule has 0 amide bonds. The highest BCUT2D eigenvalue weighted by atomic mass is 32.2. The number of halogens is 3. The zero-order valence-corrected chi connectivity index (χ0v) is 17.1. The minimum atomic E-state index is -6.08. The Morgan fingerprint density at radius 2 is 1.71 bits per heavy atom. The van der Waals surface area contributed by atoms with Gasteiger partial charge in [0.05, 0.1) is 6.61 Å². The molecule has 3 aliphatic heterocycles. The Balaban J connectivity index is 1.65. The summed E-state index contributed by atoms with van der Waals surface area (Å²) in [7, 11) is -6.08. The van der Waals surface area contributed by atoms with Gasteiger partial charge in [-0.2, -0.15) is 21.6 Å². The van der Waals surface area contributed by atoms with E-state index in [-0.39, 0.29) is 6.61 Å². The fourth-order valence-corrected chi connectivity index (χ4v) is 4.17. The third kappa shape index (κ3) is 4.30. The molecule has 0 spiro atoms. The molecule has 3 heterocycles. The van der Waals surface area contributed by atoms with Gasteiger partial charge < -0.3 is 23.7 Å². The van der Waals surface area contributed by atoms with Crippen LogP contribution in [-0.4, -0.2) is 62.8 Å². The fourth-order valence-electron chi connectivity index (χ4n) is 3.60. The quantitative estimate of drug-likeness (QED) is 0.371. The number of fused-ring (bicyclic) bond motifs is 1. The maximum atomic E-state index is 12.8. The van der Waals surface area contributed by atoms with Gasteiger partial charge in [-0.15, -0.1) is 0 Å². The summed E-state index contributed by atoms with van der Waals surface area (Å²) >= 11 is 0. The number of hydrogen-bond acceptors (Lipinski definition) is 9. The molecule has 31 heavy (non-hydrogen) atoms. The Bertz CT molecular complexity index is 934. The van der Waals surface area contributed by atoms with Crippen molar-refractivity contribution >= 4 is 16.1 Å². The summed E-state index contributed by atoms with van der Waals surface area (Å²) in [6.45, 7) is 3.36. The first kappa shape index (κ1) is 22.4. The molecule has 3 saturated heterocycles. The number of benzene rings is 1. The minimum Gasteiger partial charge on any atom is -0.455 e. The standard InChI is InChI=1S/C18H19F3O9S/c1-17(2)25-8-10(29-17)11-12-13(28-16(27-11)9-6-4-3-5-7-9)14(15(22)26-12)30-31(23,24)18(19,20)21/h3-7,10-14,16H,8H2,1-2H3/t10-,11-,12+,13-,14-,16-/m1/s1. The van der Waals surface area contributed by atoms with Gasteiger partial charge in [-0.05, 0) is 13.8 Å². The summed E-state index contributed by atoms with van der Waals surface area (Å²) in [6, 6.07) is 8.36. The van der Waals surface area contributed by atoms with Crippen LogP contribution in [0, 0.1) is 0 Å². The van der Waals surface area contributed by atoms with Gasteiger partial charge in [-0.3, -0.25) is 0 Å². The van der Waals surface area contributed by atoms with Crippen molar-refractivity contribution < 1.29 is 54.3 Å². The van der Waals surface area contributed by atoms with Crippen LogP contribution in [0.15, 0.2) is 30.3 Å². The van der Waals surface area contributed by atoms with Crippen molar-refractivity contribution in [3.8, 4) is 0 Å². The highest BCUT2D eigenvalue weighted by Gasteiger charge is 2.61. The van der Waals surface area contributed by atoms with Crippen LogP contribution in [0.4, 0.5) is 13.2 Å². The van der Waals surface area contributed by atoms with E-state index < -0.39 is 64.2 Å². The van der Waals surface area contributed by atoms with Crippen LogP contribution in [0.5, 0.6) is 0 Å². The highest BCUT2D eigenvalue weighted by molar-refractivity contribution is 7.87. The molecule has 0 N–H and O–H groups in total. The van der Waals surface area contributed by atoms with Gasteiger partial charge in [0.25, 0.3) is 0 Å². The molecule has 0 bridgehead atoms. The molecule has 6 atom stereocenters. The van der Waals surface area contributed by atoms with Crippen LogP contribution in [0.3, 0.4) is 0 Å². The van der Waals surface area contributed by atoms with Crippen molar-refractivity contribution in [1.82, 2.24) is 0 Å². The van der Waals surface area contributed by atoms with Gasteiger partial charge >= 0.3 is 21.6 Å². The van der Waals surface area contributed by atoms with Gasteiger partial charge in [0, 0.05) is 5.56 Å². The van der Waals surface area contributed by atoms with Crippen LogP contribution in [0.25, 0.3) is 0 Å². The monoisotopic (exact) mass is 468 g/mol. The molecule has 3 aliphatic rings. The highest BCUT2D eigenvalue weighted by Crippen LogP contribution is 2.42. The first-order valence-corrected chi connectivity index (χ1v) is 10.7. The second-order valence-electron chi connectivity index (χ2n) is 7.63. The third-order valence-corrected chi connectivity index (χ3v) is 6.00. The maximum Gasteiger partial charge on any atom is 0.523 e. The second kappa shape index (κ2) is 7.67. The van der Waals surface area contributed by atoms with Crippen LogP contribution in [-0.2, 0) is 42.8 Å². The largest absolute Gasteiger partial charge is 0.523 e. The number of alkyl halides is 3. The van der Waals surface area contributed by atoms with E-state index in [0.717, 1.165) is 0 Å². The number of esters is 1. The molecule has 0 aromatic heterocycles. The summed E-state index contributed by atoms with van der Waals surface area (Å²) in [6.07, 6.45) is -7.86. The number of carbonyl (C=O) groups excluding carboxylic acids is 1. The Morgan fingerprint density at radius 3 is 2.29 bits per heavy atom. The van der Waals surface area contributed by atoms with E-state index in [2.05, 4.69) is 4.18 Å². The van der Waals surface area contributed by atoms with Crippen LogP contribution >= 0.6 is 0 Å². The molecule has 4 rings (SSSR count). The van der Waals surface area contributed by atoms with E-state index in [9.17, 15) is 26.4 Å². The Kier molecular flexibility index (Phi) is 5.55. The van der Waals surface area contributed by atoms with E-state index >= 15 is 0 Å². The SMILES string of the molecule is CC1(C)OC[C@H]([C@H]2O[C@@H](c3ccccc3)O[C@@H]3[C@H]2OC(=O)[C@@H]3OS(=O)(=O)C(F)(F)F)O1. The zero-order valence-electron chi connectivity index (χ0n) is 16.3. The van der Waals surface area contributed by atoms with Gasteiger partial charge in [0.15, 0.2) is 18.2 Å². The fraction of sp³-hybridized carbons (Fsp3) is 0.611. The summed E-state index contributed by atoms with van der Waals surface area (Å²) in [4.78, 5) is 12.3. The zero-order chi connectivity index (χ0) is 22.6. The lowest BCUT2D eigenvalue weighted by Crippen LogP contribution is -2.54. The molecule has 1 aromatic carbocycles. The molecule has 0 radical (unpaired) electrons. The van der Waals surface area contributed by atoms with Crippen molar-refractivity contribution in [3.05, 3.63) is 35.9 Å². The van der Waals surface area contributed by atoms with Crippen LogP contribution < -0.4 is 0 Å². The number of hydrogen-bond donors (Lipinski definition) is 0. The van der Waals surface area contributed by atoms with E-state index in [1.807, 2.05) is 0 Å². The molecule has 1 aromatic rings. The summed E-state index contributed by atoms with van der Waals surface area (Å²) < 4.78 is 93.7. The van der Waals surface area contributed by atoms with E-state index in [0.29, 0.717) is 5.56 Å². The smallest absolute Gasteiger partial charge is 0.455 e. The third-order valence-electron chi connectivity index (χ3n) is 4.97. The lowest BCUT2D eigenvalue weighted by molar-refractivity contribution is -0.301. The molecule has 172 valence electrons. The summed E-state index contributed by atoms with van der Waals surface area (Å²) in [5, 5.41) is 0. The van der Waals surface area contributed by atoms with Crippen molar-refractivity contribution in [1.29, 1.82) is 0 Å². The Morgan fingerprint density at radius 1 is 1.06 bits per heavy atom. The Labute approximate surface area is 175 Å². The summed E-state index contributed by atoms with van der Waals surface area (Å²) in [5.74, 6) is -2.29. The number of rotatable bonds is 4. The maximum absolute atomic E-state index is 12.8. The number of carbonyl (C=O) groups is 1. The topological polar surface area (TPSA) is 107 Å². The molecule has 0 saturated carbocycles. The van der Waals surface area contributed by atoms with Crippen LogP contribution in [0.1, 0.15) is 25.7 Å². The van der Waals surface area contributed by atoms with Crippen molar-refractivity contribution in [2.75, 3.05) is 6.61 Å². The molecular weight excluding hydrogens is 449 g/mol.